The Labute approximate surface area is 230 Å². The minimum Gasteiger partial charge on any atom is -0.399 e. The van der Waals surface area contributed by atoms with Crippen molar-refractivity contribution in [3.63, 3.8) is 0 Å². The average molecular weight is 552 g/mol. The highest BCUT2D eigenvalue weighted by Gasteiger charge is 2.54. The summed E-state index contributed by atoms with van der Waals surface area (Å²) in [7, 11) is 0. The molecule has 0 aliphatic heterocycles. The quantitative estimate of drug-likeness (QED) is 0.209. The van der Waals surface area contributed by atoms with Crippen LogP contribution in [0.15, 0.2) is 35.7 Å². The van der Waals surface area contributed by atoms with Crippen LogP contribution >= 0.6 is 11.3 Å². The summed E-state index contributed by atoms with van der Waals surface area (Å²) in [6.07, 6.45) is 0.712. The van der Waals surface area contributed by atoms with Crippen LogP contribution in [0.4, 0.5) is 20.2 Å². The fourth-order valence-corrected chi connectivity index (χ4v) is 4.86. The fraction of sp³-hybridized carbons (Fsp3) is 0.407. The first-order valence-electron chi connectivity index (χ1n) is 12.4. The van der Waals surface area contributed by atoms with Crippen molar-refractivity contribution < 1.29 is 8.78 Å². The van der Waals surface area contributed by atoms with E-state index in [0.29, 0.717) is 45.6 Å². The molecule has 0 spiro atoms. The van der Waals surface area contributed by atoms with Crippen LogP contribution in [0.3, 0.4) is 0 Å². The number of hydrogen-bond donors (Lipinski definition) is 4. The molecule has 0 amide bonds. The zero-order valence-electron chi connectivity index (χ0n) is 22.2. The molecule has 12 heteroatoms. The molecule has 39 heavy (non-hydrogen) atoms. The van der Waals surface area contributed by atoms with E-state index in [9.17, 15) is 19.3 Å². The number of fused-ring (bicyclic) bond motifs is 1. The molecule has 0 saturated heterocycles. The second kappa shape index (κ2) is 10.6. The van der Waals surface area contributed by atoms with Gasteiger partial charge in [-0.15, -0.1) is 11.3 Å². The average Bonchev–Trinajstić information content (AvgIpc) is 3.60. The van der Waals surface area contributed by atoms with Gasteiger partial charge in [0.25, 0.3) is 6.43 Å². The Bertz CT molecular complexity index is 1490. The van der Waals surface area contributed by atoms with Crippen molar-refractivity contribution in [3.05, 3.63) is 57.4 Å². The lowest BCUT2D eigenvalue weighted by atomic mass is 9.96. The molecule has 2 aromatic heterocycles. The third-order valence-electron chi connectivity index (χ3n) is 6.68. The second-order valence-electron chi connectivity index (χ2n) is 10.9. The second-order valence-corrected chi connectivity index (χ2v) is 12.0. The summed E-state index contributed by atoms with van der Waals surface area (Å²) in [5, 5.41) is 28.0. The Morgan fingerprint density at radius 1 is 1.23 bits per heavy atom. The molecule has 0 bridgehead atoms. The summed E-state index contributed by atoms with van der Waals surface area (Å²) in [6.45, 7) is 8.67. The molecule has 9 nitrogen and oxygen atoms in total. The maximum atomic E-state index is 13.6. The van der Waals surface area contributed by atoms with Crippen LogP contribution in [0, 0.1) is 35.0 Å². The largest absolute Gasteiger partial charge is 0.399 e. The van der Waals surface area contributed by atoms with Crippen molar-refractivity contribution in [3.8, 4) is 12.1 Å². The molecule has 1 aromatic carbocycles. The first-order valence-corrected chi connectivity index (χ1v) is 13.2. The zero-order chi connectivity index (χ0) is 28.5. The minimum atomic E-state index is -2.61. The first kappa shape index (κ1) is 28.0. The van der Waals surface area contributed by atoms with Crippen LogP contribution < -0.4 is 22.2 Å². The molecule has 1 aliphatic carbocycles. The molecule has 0 radical (unpaired) electrons. The van der Waals surface area contributed by atoms with E-state index in [1.165, 1.54) is 23.7 Å². The molecule has 3 aromatic rings. The van der Waals surface area contributed by atoms with Crippen LogP contribution in [0.2, 0.25) is 0 Å². The van der Waals surface area contributed by atoms with Crippen LogP contribution in [0.5, 0.6) is 0 Å². The van der Waals surface area contributed by atoms with Gasteiger partial charge in [-0.2, -0.15) is 10.5 Å². The van der Waals surface area contributed by atoms with Crippen molar-refractivity contribution in [2.75, 3.05) is 17.2 Å². The van der Waals surface area contributed by atoms with E-state index in [-0.39, 0.29) is 24.0 Å². The molecule has 2 heterocycles. The number of thiazole rings is 1. The Morgan fingerprint density at radius 3 is 2.46 bits per heavy atom. The van der Waals surface area contributed by atoms with Gasteiger partial charge in [0.05, 0.1) is 39.2 Å². The number of halogens is 2. The molecule has 1 aliphatic rings. The van der Waals surface area contributed by atoms with Crippen molar-refractivity contribution in [1.82, 2.24) is 15.0 Å². The van der Waals surface area contributed by atoms with Gasteiger partial charge >= 0.3 is 0 Å². The number of nitrogens with zero attached hydrogens (tertiary/aromatic N) is 5. The highest BCUT2D eigenvalue weighted by Crippen LogP contribution is 2.46. The summed E-state index contributed by atoms with van der Waals surface area (Å²) < 4.78 is 27.3. The summed E-state index contributed by atoms with van der Waals surface area (Å²) >= 11 is 1.42. The van der Waals surface area contributed by atoms with E-state index in [4.69, 9.17) is 11.6 Å². The molecular weight excluding hydrogens is 520 g/mol. The number of alkyl halides is 2. The Hall–Kier alpha value is -4.00. The fourth-order valence-electron chi connectivity index (χ4n) is 4.25. The number of anilines is 2. The Kier molecular flexibility index (Phi) is 7.64. The molecule has 1 fully saturated rings. The van der Waals surface area contributed by atoms with Gasteiger partial charge in [-0.3, -0.25) is 4.98 Å². The lowest BCUT2D eigenvalue weighted by molar-refractivity contribution is 0.0305. The molecule has 1 saturated carbocycles. The number of nitrogens with one attached hydrogen (secondary N) is 2. The van der Waals surface area contributed by atoms with Gasteiger partial charge in [-0.1, -0.05) is 20.8 Å². The number of nitrogens with two attached hydrogens (primary N) is 2. The van der Waals surface area contributed by atoms with Crippen LogP contribution in [0.25, 0.3) is 10.9 Å². The van der Waals surface area contributed by atoms with Crippen molar-refractivity contribution in [1.29, 1.82) is 10.5 Å². The zero-order valence-corrected chi connectivity index (χ0v) is 23.0. The normalized spacial score (nSPS) is 15.5. The van der Waals surface area contributed by atoms with Crippen LogP contribution in [-0.4, -0.2) is 33.5 Å². The molecule has 4 rings (SSSR count). The maximum Gasteiger partial charge on any atom is 0.262 e. The number of hydrazine groups is 1. The number of pyridine rings is 1. The molecule has 204 valence electrons. The minimum absolute atomic E-state index is 0.0754. The van der Waals surface area contributed by atoms with Gasteiger partial charge in [-0.25, -0.2) is 19.6 Å². The molecule has 6 N–H and O–H groups in total. The summed E-state index contributed by atoms with van der Waals surface area (Å²) in [5.41, 5.74) is 9.62. The van der Waals surface area contributed by atoms with Gasteiger partial charge in [-0.05, 0) is 37.3 Å². The van der Waals surface area contributed by atoms with Crippen LogP contribution in [0.1, 0.15) is 61.4 Å². The standard InChI is InChI=1S/C27H31F2N9S/c1-15-21(36-14-39-15)24(20(32)12-38(33)27(5-6-27)25(28)29)37-18-7-16(9-30)22-19(8-18)23(17(10-31)11-34-22)35-13-26(2,3)4/h7-8,11-12,14,24-25,37H,5-6,13,32-33H2,1-4H3,(H,34,35)/b20-12-. The number of aromatic nitrogens is 2. The summed E-state index contributed by atoms with van der Waals surface area (Å²) in [4.78, 5) is 9.72. The van der Waals surface area contributed by atoms with E-state index in [2.05, 4.69) is 53.5 Å². The van der Waals surface area contributed by atoms with Gasteiger partial charge in [0.2, 0.25) is 0 Å². The van der Waals surface area contributed by atoms with E-state index < -0.39 is 18.0 Å². The SMILES string of the molecule is Cc1scnc1C(Nc1cc(C#N)c2ncc(C#N)c(NCC(C)(C)C)c2c1)/C(N)=C/N(N)C1(C(F)F)CC1. The number of rotatable bonds is 9. The predicted octanol–water partition coefficient (Wildman–Crippen LogP) is 5.13. The number of benzene rings is 1. The van der Waals surface area contributed by atoms with Crippen molar-refractivity contribution in [2.24, 2.45) is 17.0 Å². The van der Waals surface area contributed by atoms with Crippen LogP contribution in [-0.2, 0) is 0 Å². The number of hydrogen-bond acceptors (Lipinski definition) is 10. The van der Waals surface area contributed by atoms with E-state index in [0.717, 1.165) is 9.89 Å². The highest BCUT2D eigenvalue weighted by atomic mass is 32.1. The molecule has 1 atom stereocenters. The van der Waals surface area contributed by atoms with Gasteiger partial charge < -0.3 is 21.4 Å². The van der Waals surface area contributed by atoms with E-state index in [1.54, 1.807) is 17.6 Å². The van der Waals surface area contributed by atoms with Gasteiger partial charge in [0, 0.05) is 34.9 Å². The predicted molar refractivity (Wildman–Crippen MR) is 149 cm³/mol. The van der Waals surface area contributed by atoms with Crippen molar-refractivity contribution >= 4 is 33.6 Å². The maximum absolute atomic E-state index is 13.6. The monoisotopic (exact) mass is 551 g/mol. The third-order valence-corrected chi connectivity index (χ3v) is 7.45. The lowest BCUT2D eigenvalue weighted by Crippen LogP contribution is -2.44. The molecule has 1 unspecified atom stereocenters. The first-order chi connectivity index (χ1) is 18.4. The third kappa shape index (κ3) is 5.72. The topological polar surface area (TPSA) is 153 Å². The smallest absolute Gasteiger partial charge is 0.262 e. The van der Waals surface area contributed by atoms with E-state index >= 15 is 0 Å². The Balaban J connectivity index is 1.80. The molecular formula is C27H31F2N9S. The van der Waals surface area contributed by atoms with Gasteiger partial charge in [0.15, 0.2) is 0 Å². The number of aryl methyl sites for hydroxylation is 1. The number of nitriles is 2. The van der Waals surface area contributed by atoms with Crippen molar-refractivity contribution in [2.45, 2.75) is 58.5 Å². The summed E-state index contributed by atoms with van der Waals surface area (Å²) in [5.74, 6) is 6.04. The van der Waals surface area contributed by atoms with Gasteiger partial charge in [0.1, 0.15) is 23.7 Å². The summed E-state index contributed by atoms with van der Waals surface area (Å²) in [6, 6.07) is 7.06. The lowest BCUT2D eigenvalue weighted by Gasteiger charge is -2.28. The Morgan fingerprint density at radius 2 is 1.92 bits per heavy atom. The highest BCUT2D eigenvalue weighted by molar-refractivity contribution is 7.09. The van der Waals surface area contributed by atoms with E-state index in [1.807, 2.05) is 6.92 Å².